The number of hydrogen-bond acceptors (Lipinski definition) is 5. The van der Waals surface area contributed by atoms with Crippen LogP contribution in [0.2, 0.25) is 0 Å². The van der Waals surface area contributed by atoms with E-state index in [0.717, 1.165) is 27.5 Å². The standard InChI is InChI=1S/C28H27NO4S/c1-19(30)9-18-25-27(34-24-7-5-4-6-8-24)28(31)29(25)26(20-10-14-22(32-2)15-11-20)21-12-16-23(33-3)17-13-21/h4-18,25-27H,1-3H3/b18-9+. The van der Waals surface area contributed by atoms with Crippen LogP contribution in [-0.2, 0) is 9.59 Å². The first-order valence-corrected chi connectivity index (χ1v) is 11.9. The fraction of sp³-hybridized carbons (Fsp3) is 0.214. The van der Waals surface area contributed by atoms with Crippen LogP contribution in [0.25, 0.3) is 0 Å². The van der Waals surface area contributed by atoms with E-state index in [0.29, 0.717) is 0 Å². The molecule has 2 atom stereocenters. The molecule has 0 bridgehead atoms. The van der Waals surface area contributed by atoms with Crippen molar-refractivity contribution in [3.8, 4) is 11.5 Å². The largest absolute Gasteiger partial charge is 0.497 e. The summed E-state index contributed by atoms with van der Waals surface area (Å²) in [5, 5.41) is -0.308. The number of ketones is 1. The number of likely N-dealkylation sites (tertiary alicyclic amines) is 1. The summed E-state index contributed by atoms with van der Waals surface area (Å²) < 4.78 is 10.7. The topological polar surface area (TPSA) is 55.8 Å². The van der Waals surface area contributed by atoms with Gasteiger partial charge in [0.15, 0.2) is 5.78 Å². The highest BCUT2D eigenvalue weighted by Crippen LogP contribution is 2.44. The van der Waals surface area contributed by atoms with Gasteiger partial charge in [-0.15, -0.1) is 11.8 Å². The number of carbonyl (C=O) groups is 2. The van der Waals surface area contributed by atoms with Gasteiger partial charge in [-0.3, -0.25) is 9.59 Å². The Morgan fingerprint density at radius 2 is 1.41 bits per heavy atom. The van der Waals surface area contributed by atoms with E-state index in [2.05, 4.69) is 0 Å². The number of allylic oxidation sites excluding steroid dienone is 1. The van der Waals surface area contributed by atoms with Gasteiger partial charge in [0.05, 0.1) is 26.3 Å². The van der Waals surface area contributed by atoms with Crippen LogP contribution >= 0.6 is 11.8 Å². The molecule has 6 heteroatoms. The summed E-state index contributed by atoms with van der Waals surface area (Å²) >= 11 is 1.53. The number of methoxy groups -OCH3 is 2. The maximum atomic E-state index is 13.6. The molecule has 5 nitrogen and oxygen atoms in total. The van der Waals surface area contributed by atoms with E-state index in [1.54, 1.807) is 20.3 Å². The molecule has 0 aliphatic carbocycles. The maximum Gasteiger partial charge on any atom is 0.239 e. The number of rotatable bonds is 9. The third-order valence-electron chi connectivity index (χ3n) is 5.80. The number of ether oxygens (including phenoxy) is 2. The summed E-state index contributed by atoms with van der Waals surface area (Å²) in [6.07, 6.45) is 3.41. The Bertz CT molecular complexity index is 1110. The molecule has 2 unspecified atom stereocenters. The van der Waals surface area contributed by atoms with Gasteiger partial charge in [-0.25, -0.2) is 0 Å². The Labute approximate surface area is 204 Å². The van der Waals surface area contributed by atoms with Crippen molar-refractivity contribution in [2.75, 3.05) is 14.2 Å². The maximum absolute atomic E-state index is 13.6. The van der Waals surface area contributed by atoms with Crippen LogP contribution in [0.4, 0.5) is 0 Å². The lowest BCUT2D eigenvalue weighted by Gasteiger charge is -2.50. The van der Waals surface area contributed by atoms with Gasteiger partial charge in [-0.05, 0) is 60.5 Å². The highest BCUT2D eigenvalue weighted by atomic mass is 32.2. The van der Waals surface area contributed by atoms with E-state index in [4.69, 9.17) is 9.47 Å². The quantitative estimate of drug-likeness (QED) is 0.311. The number of hydrogen-bond donors (Lipinski definition) is 0. The molecule has 3 aromatic rings. The number of benzene rings is 3. The van der Waals surface area contributed by atoms with E-state index in [9.17, 15) is 9.59 Å². The van der Waals surface area contributed by atoms with Crippen molar-refractivity contribution in [3.05, 3.63) is 102 Å². The zero-order chi connectivity index (χ0) is 24.1. The Hall–Kier alpha value is -3.51. The Balaban J connectivity index is 1.74. The van der Waals surface area contributed by atoms with Crippen molar-refractivity contribution in [3.63, 3.8) is 0 Å². The lowest BCUT2D eigenvalue weighted by atomic mass is 9.89. The summed E-state index contributed by atoms with van der Waals surface area (Å²) in [5.41, 5.74) is 1.92. The van der Waals surface area contributed by atoms with Gasteiger partial charge in [0.1, 0.15) is 16.7 Å². The van der Waals surface area contributed by atoms with Crippen molar-refractivity contribution < 1.29 is 19.1 Å². The van der Waals surface area contributed by atoms with Crippen molar-refractivity contribution in [1.82, 2.24) is 4.90 Å². The van der Waals surface area contributed by atoms with Crippen LogP contribution in [0.5, 0.6) is 11.5 Å². The summed E-state index contributed by atoms with van der Waals surface area (Å²) in [5.74, 6) is 1.48. The average molecular weight is 474 g/mol. The molecule has 0 N–H and O–H groups in total. The summed E-state index contributed by atoms with van der Waals surface area (Å²) in [6.45, 7) is 1.52. The first kappa shape index (κ1) is 23.6. The van der Waals surface area contributed by atoms with E-state index < -0.39 is 0 Å². The second-order valence-corrected chi connectivity index (χ2v) is 9.22. The van der Waals surface area contributed by atoms with Gasteiger partial charge in [0, 0.05) is 4.90 Å². The van der Waals surface area contributed by atoms with E-state index >= 15 is 0 Å². The molecule has 0 radical (unpaired) electrons. The summed E-state index contributed by atoms with van der Waals surface area (Å²) in [7, 11) is 3.26. The normalized spacial score (nSPS) is 17.6. The fourth-order valence-electron chi connectivity index (χ4n) is 4.08. The second-order valence-electron chi connectivity index (χ2n) is 8.01. The molecule has 1 heterocycles. The molecule has 1 fully saturated rings. The summed E-state index contributed by atoms with van der Waals surface area (Å²) in [4.78, 5) is 28.2. The minimum atomic E-state index is -0.321. The number of amides is 1. The van der Waals surface area contributed by atoms with Gasteiger partial charge in [0.25, 0.3) is 0 Å². The number of thioether (sulfide) groups is 1. The zero-order valence-electron chi connectivity index (χ0n) is 19.4. The van der Waals surface area contributed by atoms with Crippen LogP contribution in [0, 0.1) is 0 Å². The molecule has 3 aromatic carbocycles. The molecule has 1 aliphatic rings. The van der Waals surface area contributed by atoms with Crippen LogP contribution in [0.1, 0.15) is 24.1 Å². The van der Waals surface area contributed by atoms with Gasteiger partial charge in [0.2, 0.25) is 5.91 Å². The Morgan fingerprint density at radius 1 is 0.882 bits per heavy atom. The average Bonchev–Trinajstić information content (AvgIpc) is 2.88. The first-order valence-electron chi connectivity index (χ1n) is 11.0. The SMILES string of the molecule is COc1ccc(C(c2ccc(OC)cc2)N2C(=O)C(Sc3ccccc3)C2/C=C/C(C)=O)cc1. The third-order valence-corrected chi connectivity index (χ3v) is 7.08. The zero-order valence-corrected chi connectivity index (χ0v) is 20.2. The van der Waals surface area contributed by atoms with Crippen LogP contribution in [0.3, 0.4) is 0 Å². The molecule has 34 heavy (non-hydrogen) atoms. The predicted octanol–water partition coefficient (Wildman–Crippen LogP) is 5.31. The second kappa shape index (κ2) is 10.6. The van der Waals surface area contributed by atoms with Crippen molar-refractivity contribution >= 4 is 23.5 Å². The molecular formula is C28H27NO4S. The lowest BCUT2D eigenvalue weighted by Crippen LogP contribution is -2.63. The molecule has 1 saturated heterocycles. The monoisotopic (exact) mass is 473 g/mol. The minimum Gasteiger partial charge on any atom is -0.497 e. The van der Waals surface area contributed by atoms with Crippen molar-refractivity contribution in [1.29, 1.82) is 0 Å². The molecule has 1 aliphatic heterocycles. The third kappa shape index (κ3) is 5.02. The van der Waals surface area contributed by atoms with Gasteiger partial charge in [-0.2, -0.15) is 0 Å². The molecule has 1 amide bonds. The smallest absolute Gasteiger partial charge is 0.239 e. The highest BCUT2D eigenvalue weighted by molar-refractivity contribution is 8.00. The Morgan fingerprint density at radius 3 is 1.88 bits per heavy atom. The van der Waals surface area contributed by atoms with Crippen LogP contribution in [0.15, 0.2) is 95.9 Å². The fourth-order valence-corrected chi connectivity index (χ4v) is 5.27. The number of carbonyl (C=O) groups excluding carboxylic acids is 2. The van der Waals surface area contributed by atoms with Gasteiger partial charge in [-0.1, -0.05) is 48.5 Å². The van der Waals surface area contributed by atoms with Crippen LogP contribution < -0.4 is 9.47 Å². The lowest BCUT2D eigenvalue weighted by molar-refractivity contribution is -0.145. The van der Waals surface area contributed by atoms with E-state index in [1.807, 2.05) is 89.8 Å². The predicted molar refractivity (Wildman–Crippen MR) is 134 cm³/mol. The minimum absolute atomic E-state index is 0.0312. The van der Waals surface area contributed by atoms with Crippen molar-refractivity contribution in [2.24, 2.45) is 0 Å². The highest BCUT2D eigenvalue weighted by Gasteiger charge is 2.50. The molecule has 0 spiro atoms. The molecule has 4 rings (SSSR count). The van der Waals surface area contributed by atoms with Gasteiger partial charge < -0.3 is 14.4 Å². The van der Waals surface area contributed by atoms with E-state index in [-0.39, 0.29) is 29.0 Å². The molecule has 174 valence electrons. The van der Waals surface area contributed by atoms with Gasteiger partial charge >= 0.3 is 0 Å². The van der Waals surface area contributed by atoms with E-state index in [1.165, 1.54) is 18.7 Å². The summed E-state index contributed by atoms with van der Waals surface area (Å²) in [6, 6.07) is 24.8. The number of nitrogens with zero attached hydrogens (tertiary/aromatic N) is 1. The molecule has 0 aromatic heterocycles. The molecule has 0 saturated carbocycles. The van der Waals surface area contributed by atoms with Crippen LogP contribution in [-0.4, -0.2) is 42.1 Å². The Kier molecular flexibility index (Phi) is 7.38. The first-order chi connectivity index (χ1) is 16.5. The molecular weight excluding hydrogens is 446 g/mol. The number of β-lactam (4-membered cyclic amide) rings is 1. The van der Waals surface area contributed by atoms with Crippen molar-refractivity contribution in [2.45, 2.75) is 29.2 Å².